The number of aryl methyl sites for hydroxylation is 1. The Kier molecular flexibility index (Phi) is 3.28. The highest BCUT2D eigenvalue weighted by molar-refractivity contribution is 7.71. The van der Waals surface area contributed by atoms with Crippen LogP contribution in [-0.4, -0.2) is 21.4 Å². The third-order valence-corrected chi connectivity index (χ3v) is 4.42. The average molecular weight is 277 g/mol. The molecular formula is C13H15N3S2. The van der Waals surface area contributed by atoms with E-state index in [9.17, 15) is 0 Å². The lowest BCUT2D eigenvalue weighted by Crippen LogP contribution is -2.30. The molecule has 0 spiro atoms. The number of H-pyrrole nitrogens is 1. The molecule has 1 aliphatic rings. The SMILES string of the molecule is Cc1ccc(CN2CCc3[nH]c(=S)ncc3C2)s1. The Hall–Kier alpha value is -1.04. The molecule has 18 heavy (non-hydrogen) atoms. The van der Waals surface area contributed by atoms with Gasteiger partial charge in [-0.05, 0) is 31.3 Å². The summed E-state index contributed by atoms with van der Waals surface area (Å²) in [4.78, 5) is 12.7. The third-order valence-electron chi connectivity index (χ3n) is 3.23. The summed E-state index contributed by atoms with van der Waals surface area (Å²) in [7, 11) is 0. The summed E-state index contributed by atoms with van der Waals surface area (Å²) in [5.41, 5.74) is 2.54. The van der Waals surface area contributed by atoms with Crippen LogP contribution in [0.5, 0.6) is 0 Å². The number of fused-ring (bicyclic) bond motifs is 1. The lowest BCUT2D eigenvalue weighted by molar-refractivity contribution is 0.245. The van der Waals surface area contributed by atoms with E-state index in [0.717, 1.165) is 26.1 Å². The Labute approximate surface area is 116 Å². The highest BCUT2D eigenvalue weighted by Crippen LogP contribution is 2.21. The van der Waals surface area contributed by atoms with E-state index in [0.29, 0.717) is 4.77 Å². The van der Waals surface area contributed by atoms with E-state index in [4.69, 9.17) is 12.2 Å². The van der Waals surface area contributed by atoms with Gasteiger partial charge in [0.15, 0.2) is 4.77 Å². The molecule has 94 valence electrons. The van der Waals surface area contributed by atoms with Gasteiger partial charge >= 0.3 is 0 Å². The molecule has 2 aromatic rings. The van der Waals surface area contributed by atoms with Crippen LogP contribution in [0.2, 0.25) is 0 Å². The van der Waals surface area contributed by atoms with E-state index in [1.54, 1.807) is 0 Å². The lowest BCUT2D eigenvalue weighted by atomic mass is 10.1. The number of rotatable bonds is 2. The summed E-state index contributed by atoms with van der Waals surface area (Å²) in [5, 5.41) is 0. The van der Waals surface area contributed by atoms with E-state index >= 15 is 0 Å². The summed E-state index contributed by atoms with van der Waals surface area (Å²) in [5.74, 6) is 0. The highest BCUT2D eigenvalue weighted by atomic mass is 32.1. The van der Waals surface area contributed by atoms with Crippen LogP contribution in [0.1, 0.15) is 21.0 Å². The zero-order chi connectivity index (χ0) is 12.5. The predicted molar refractivity (Wildman–Crippen MR) is 76.3 cm³/mol. The number of nitrogens with one attached hydrogen (secondary N) is 1. The zero-order valence-corrected chi connectivity index (χ0v) is 11.9. The predicted octanol–water partition coefficient (Wildman–Crippen LogP) is 3.07. The van der Waals surface area contributed by atoms with Gasteiger partial charge in [0.2, 0.25) is 0 Å². The topological polar surface area (TPSA) is 31.9 Å². The first-order valence-electron chi connectivity index (χ1n) is 6.05. The van der Waals surface area contributed by atoms with Crippen molar-refractivity contribution in [3.63, 3.8) is 0 Å². The molecule has 0 fully saturated rings. The molecule has 1 N–H and O–H groups in total. The maximum atomic E-state index is 5.06. The molecule has 3 heterocycles. The Morgan fingerprint density at radius 2 is 2.39 bits per heavy atom. The summed E-state index contributed by atoms with van der Waals surface area (Å²) in [6, 6.07) is 4.42. The number of hydrogen-bond donors (Lipinski definition) is 1. The molecule has 0 atom stereocenters. The molecule has 0 unspecified atom stereocenters. The second kappa shape index (κ2) is 4.91. The van der Waals surface area contributed by atoms with Crippen LogP contribution in [0, 0.1) is 11.7 Å². The molecule has 0 aliphatic carbocycles. The molecule has 2 aromatic heterocycles. The number of aromatic amines is 1. The Bertz CT molecular complexity index is 615. The summed E-state index contributed by atoms with van der Waals surface area (Å²) in [6.45, 7) is 5.24. The van der Waals surface area contributed by atoms with Crippen LogP contribution in [0.3, 0.4) is 0 Å². The van der Waals surface area contributed by atoms with Crippen molar-refractivity contribution in [1.29, 1.82) is 0 Å². The minimum absolute atomic E-state index is 0.594. The molecule has 3 rings (SSSR count). The van der Waals surface area contributed by atoms with E-state index in [1.165, 1.54) is 21.0 Å². The third kappa shape index (κ3) is 2.53. The standard InChI is InChI=1S/C13H15N3S2/c1-9-2-3-11(18-9)8-16-5-4-12-10(7-16)6-14-13(17)15-12/h2-3,6H,4-5,7-8H2,1H3,(H,14,15,17). The number of thiophene rings is 1. The average Bonchev–Trinajstić information content (AvgIpc) is 2.75. The smallest absolute Gasteiger partial charge is 0.196 e. The van der Waals surface area contributed by atoms with E-state index in [2.05, 4.69) is 33.9 Å². The molecule has 3 nitrogen and oxygen atoms in total. The fraction of sp³-hybridized carbons (Fsp3) is 0.385. The molecule has 0 aromatic carbocycles. The number of nitrogens with zero attached hydrogens (tertiary/aromatic N) is 2. The zero-order valence-electron chi connectivity index (χ0n) is 10.3. The number of hydrogen-bond acceptors (Lipinski definition) is 4. The molecule has 0 saturated heterocycles. The van der Waals surface area contributed by atoms with Crippen molar-refractivity contribution < 1.29 is 0 Å². The van der Waals surface area contributed by atoms with Crippen LogP contribution in [0.4, 0.5) is 0 Å². The van der Waals surface area contributed by atoms with Crippen LogP contribution >= 0.6 is 23.6 Å². The minimum atomic E-state index is 0.594. The minimum Gasteiger partial charge on any atom is -0.334 e. The van der Waals surface area contributed by atoms with Gasteiger partial charge in [0.25, 0.3) is 0 Å². The first kappa shape index (κ1) is 12.0. The van der Waals surface area contributed by atoms with Crippen molar-refractivity contribution in [3.05, 3.63) is 44.1 Å². The summed E-state index contributed by atoms with van der Waals surface area (Å²) < 4.78 is 0.594. The molecule has 5 heteroatoms. The van der Waals surface area contributed by atoms with Gasteiger partial charge in [0.05, 0.1) is 0 Å². The van der Waals surface area contributed by atoms with Gasteiger partial charge in [-0.15, -0.1) is 11.3 Å². The molecule has 1 aliphatic heterocycles. The molecule has 0 radical (unpaired) electrons. The second-order valence-corrected chi connectivity index (χ2v) is 6.42. The van der Waals surface area contributed by atoms with Gasteiger partial charge in [-0.25, -0.2) is 4.98 Å². The fourth-order valence-corrected chi connectivity index (χ4v) is 3.44. The van der Waals surface area contributed by atoms with Crippen molar-refractivity contribution in [3.8, 4) is 0 Å². The maximum Gasteiger partial charge on any atom is 0.196 e. The quantitative estimate of drug-likeness (QED) is 0.856. The fourth-order valence-electron chi connectivity index (χ4n) is 2.33. The highest BCUT2D eigenvalue weighted by Gasteiger charge is 2.17. The monoisotopic (exact) mass is 277 g/mol. The van der Waals surface area contributed by atoms with Crippen molar-refractivity contribution >= 4 is 23.6 Å². The lowest BCUT2D eigenvalue weighted by Gasteiger charge is -2.27. The van der Waals surface area contributed by atoms with Gasteiger partial charge in [-0.2, -0.15) is 0 Å². The Morgan fingerprint density at radius 1 is 1.50 bits per heavy atom. The van der Waals surface area contributed by atoms with Crippen molar-refractivity contribution in [2.45, 2.75) is 26.4 Å². The van der Waals surface area contributed by atoms with Crippen molar-refractivity contribution in [1.82, 2.24) is 14.9 Å². The summed E-state index contributed by atoms with van der Waals surface area (Å²) in [6.07, 6.45) is 2.95. The normalized spacial score (nSPS) is 15.6. The molecular weight excluding hydrogens is 262 g/mol. The first-order chi connectivity index (χ1) is 8.70. The van der Waals surface area contributed by atoms with Gasteiger partial charge in [-0.3, -0.25) is 4.90 Å². The Morgan fingerprint density at radius 3 is 3.17 bits per heavy atom. The van der Waals surface area contributed by atoms with E-state index in [1.807, 2.05) is 17.5 Å². The van der Waals surface area contributed by atoms with Crippen LogP contribution in [0.25, 0.3) is 0 Å². The van der Waals surface area contributed by atoms with Crippen molar-refractivity contribution in [2.24, 2.45) is 0 Å². The Balaban J connectivity index is 1.75. The van der Waals surface area contributed by atoms with Crippen LogP contribution in [-0.2, 0) is 19.5 Å². The van der Waals surface area contributed by atoms with Gasteiger partial charge < -0.3 is 4.98 Å². The molecule has 0 bridgehead atoms. The summed E-state index contributed by atoms with van der Waals surface area (Å²) >= 11 is 6.94. The van der Waals surface area contributed by atoms with Crippen LogP contribution in [0.15, 0.2) is 18.3 Å². The number of aromatic nitrogens is 2. The van der Waals surface area contributed by atoms with Gasteiger partial charge in [0.1, 0.15) is 0 Å². The molecule has 0 amide bonds. The first-order valence-corrected chi connectivity index (χ1v) is 7.28. The van der Waals surface area contributed by atoms with Crippen molar-refractivity contribution in [2.75, 3.05) is 6.54 Å². The largest absolute Gasteiger partial charge is 0.334 e. The van der Waals surface area contributed by atoms with Crippen LogP contribution < -0.4 is 0 Å². The van der Waals surface area contributed by atoms with E-state index in [-0.39, 0.29) is 0 Å². The maximum absolute atomic E-state index is 5.06. The van der Waals surface area contributed by atoms with Gasteiger partial charge in [0, 0.05) is 53.3 Å². The van der Waals surface area contributed by atoms with E-state index < -0.39 is 0 Å². The van der Waals surface area contributed by atoms with Gasteiger partial charge in [-0.1, -0.05) is 0 Å². The second-order valence-electron chi connectivity index (χ2n) is 4.67. The molecule has 0 saturated carbocycles.